The summed E-state index contributed by atoms with van der Waals surface area (Å²) in [4.78, 5) is 19.2. The molecule has 6 heteroatoms. The van der Waals surface area contributed by atoms with E-state index in [1.54, 1.807) is 6.92 Å². The van der Waals surface area contributed by atoms with Crippen molar-refractivity contribution >= 4 is 11.9 Å². The van der Waals surface area contributed by atoms with Crippen LogP contribution in [0.3, 0.4) is 0 Å². The number of hydrogen-bond donors (Lipinski definition) is 4. The van der Waals surface area contributed by atoms with Gasteiger partial charge in [0.1, 0.15) is 0 Å². The number of carboxylic acid groups (broad SMARTS) is 2. The molecule has 0 saturated carbocycles. The Hall–Kier alpha value is -1.66. The third-order valence-corrected chi connectivity index (χ3v) is 1.40. The predicted molar refractivity (Wildman–Crippen MR) is 68.0 cm³/mol. The Morgan fingerprint density at radius 3 is 1.11 bits per heavy atom. The van der Waals surface area contributed by atoms with E-state index in [1.807, 2.05) is 0 Å². The highest BCUT2D eigenvalue weighted by atomic mass is 16.5. The molecule has 0 aliphatic carbocycles. The molecule has 0 aliphatic heterocycles. The van der Waals surface area contributed by atoms with Crippen molar-refractivity contribution in [1.82, 2.24) is 0 Å². The van der Waals surface area contributed by atoms with Crippen molar-refractivity contribution in [3.63, 3.8) is 0 Å². The molecule has 0 saturated heterocycles. The second-order valence-electron chi connectivity index (χ2n) is 3.74. The van der Waals surface area contributed by atoms with Crippen LogP contribution in [0.5, 0.6) is 0 Å². The lowest BCUT2D eigenvalue weighted by Crippen LogP contribution is -2.20. The van der Waals surface area contributed by atoms with Crippen LogP contribution in [0.25, 0.3) is 0 Å². The van der Waals surface area contributed by atoms with Gasteiger partial charge in [0.2, 0.25) is 0 Å². The average Bonchev–Trinajstić information content (AvgIpc) is 2.18. The maximum atomic E-state index is 9.60. The Balaban J connectivity index is -0.000000187. The van der Waals surface area contributed by atoms with Crippen molar-refractivity contribution in [2.75, 3.05) is 0 Å². The summed E-state index contributed by atoms with van der Waals surface area (Å²) < 4.78 is 0. The minimum absolute atomic E-state index is 0.176. The summed E-state index contributed by atoms with van der Waals surface area (Å²) in [5.41, 5.74) is 0.352. The van der Waals surface area contributed by atoms with Crippen molar-refractivity contribution < 1.29 is 30.0 Å². The van der Waals surface area contributed by atoms with Crippen LogP contribution < -0.4 is 0 Å². The molecule has 0 atom stereocenters. The Labute approximate surface area is 107 Å². The van der Waals surface area contributed by atoms with Gasteiger partial charge >= 0.3 is 11.9 Å². The molecule has 0 aromatic rings. The van der Waals surface area contributed by atoms with Crippen LogP contribution in [0.2, 0.25) is 0 Å². The molecule has 0 amide bonds. The van der Waals surface area contributed by atoms with E-state index in [4.69, 9.17) is 20.4 Å². The van der Waals surface area contributed by atoms with E-state index in [-0.39, 0.29) is 11.1 Å². The number of carboxylic acids is 2. The highest BCUT2D eigenvalue weighted by molar-refractivity contribution is 5.85. The molecule has 0 bridgehead atoms. The van der Waals surface area contributed by atoms with E-state index in [0.29, 0.717) is 6.42 Å². The molecular weight excluding hydrogens is 240 g/mol. The Kier molecular flexibility index (Phi) is 12.6. The minimum atomic E-state index is -1.46. The van der Waals surface area contributed by atoms with Crippen molar-refractivity contribution in [2.24, 2.45) is 0 Å². The second-order valence-corrected chi connectivity index (χ2v) is 3.74. The van der Waals surface area contributed by atoms with Crippen molar-refractivity contribution in [2.45, 2.75) is 39.9 Å². The fraction of sp³-hybridized carbons (Fsp3) is 0.500. The van der Waals surface area contributed by atoms with Crippen LogP contribution in [0.1, 0.15) is 34.1 Å². The Bertz CT molecular complexity index is 250. The SMILES string of the molecule is C=C(C)C(=O)O.C=C(C)C(=O)O.CCC(C)(O)O. The largest absolute Gasteiger partial charge is 0.478 e. The molecule has 0 aromatic heterocycles. The first-order chi connectivity index (χ1) is 7.85. The van der Waals surface area contributed by atoms with Crippen molar-refractivity contribution in [1.29, 1.82) is 0 Å². The van der Waals surface area contributed by atoms with Gasteiger partial charge in [-0.1, -0.05) is 20.1 Å². The maximum absolute atomic E-state index is 9.60. The zero-order valence-electron chi connectivity index (χ0n) is 11.2. The van der Waals surface area contributed by atoms with Crippen LogP contribution in [0, 0.1) is 0 Å². The van der Waals surface area contributed by atoms with Gasteiger partial charge in [0.05, 0.1) is 0 Å². The van der Waals surface area contributed by atoms with Gasteiger partial charge in [0.15, 0.2) is 5.79 Å². The highest BCUT2D eigenvalue weighted by Gasteiger charge is 2.08. The van der Waals surface area contributed by atoms with Gasteiger partial charge in [-0.05, 0) is 27.2 Å². The van der Waals surface area contributed by atoms with Crippen LogP contribution in [-0.4, -0.2) is 38.2 Å². The first kappa shape index (κ1) is 21.6. The molecular formula is C12H22O6. The van der Waals surface area contributed by atoms with Gasteiger partial charge in [-0.25, -0.2) is 9.59 Å². The number of carbonyl (C=O) groups is 2. The Morgan fingerprint density at radius 2 is 1.11 bits per heavy atom. The lowest BCUT2D eigenvalue weighted by Gasteiger charge is -2.10. The number of aliphatic hydroxyl groups is 2. The smallest absolute Gasteiger partial charge is 0.330 e. The zero-order chi connectivity index (χ0) is 15.5. The normalized spacial score (nSPS) is 9.00. The minimum Gasteiger partial charge on any atom is -0.478 e. The maximum Gasteiger partial charge on any atom is 0.330 e. The van der Waals surface area contributed by atoms with Gasteiger partial charge in [-0.2, -0.15) is 0 Å². The quantitative estimate of drug-likeness (QED) is 0.451. The molecule has 4 N–H and O–H groups in total. The van der Waals surface area contributed by atoms with E-state index >= 15 is 0 Å². The molecule has 0 rings (SSSR count). The number of rotatable bonds is 3. The summed E-state index contributed by atoms with van der Waals surface area (Å²) >= 11 is 0. The standard InChI is InChI=1S/C4H10O2.2C4H6O2/c1-3-4(2,5)6;2*1-3(2)4(5)6/h5-6H,3H2,1-2H3;2*1H2,2H3,(H,5,6). The highest BCUT2D eigenvalue weighted by Crippen LogP contribution is 1.99. The van der Waals surface area contributed by atoms with Crippen molar-refractivity contribution in [3.05, 3.63) is 24.3 Å². The summed E-state index contributed by atoms with van der Waals surface area (Å²) in [6.45, 7) is 12.3. The average molecular weight is 262 g/mol. The first-order valence-electron chi connectivity index (χ1n) is 5.07. The summed E-state index contributed by atoms with van der Waals surface area (Å²) in [6, 6.07) is 0. The third kappa shape index (κ3) is 29.3. The lowest BCUT2D eigenvalue weighted by atomic mass is 10.3. The topological polar surface area (TPSA) is 115 Å². The third-order valence-electron chi connectivity index (χ3n) is 1.40. The zero-order valence-corrected chi connectivity index (χ0v) is 11.2. The fourth-order valence-electron chi connectivity index (χ4n) is 0. The summed E-state index contributed by atoms with van der Waals surface area (Å²) in [7, 11) is 0. The van der Waals surface area contributed by atoms with Gasteiger partial charge in [0.25, 0.3) is 0 Å². The van der Waals surface area contributed by atoms with E-state index in [9.17, 15) is 9.59 Å². The number of aliphatic carboxylic acids is 2. The lowest BCUT2D eigenvalue weighted by molar-refractivity contribution is -0.145. The molecule has 0 aliphatic rings. The second kappa shape index (κ2) is 10.5. The van der Waals surface area contributed by atoms with E-state index < -0.39 is 17.7 Å². The Morgan fingerprint density at radius 1 is 1.00 bits per heavy atom. The molecule has 0 fully saturated rings. The molecule has 0 aromatic carbocycles. The predicted octanol–water partition coefficient (Wildman–Crippen LogP) is 1.39. The summed E-state index contributed by atoms with van der Waals surface area (Å²) in [5, 5.41) is 32.5. The van der Waals surface area contributed by atoms with Crippen molar-refractivity contribution in [3.8, 4) is 0 Å². The van der Waals surface area contributed by atoms with E-state index in [0.717, 1.165) is 0 Å². The fourth-order valence-corrected chi connectivity index (χ4v) is 0. The molecule has 0 radical (unpaired) electrons. The van der Waals surface area contributed by atoms with Crippen LogP contribution in [0.4, 0.5) is 0 Å². The first-order valence-corrected chi connectivity index (χ1v) is 5.07. The van der Waals surface area contributed by atoms with Crippen LogP contribution in [0.15, 0.2) is 24.3 Å². The van der Waals surface area contributed by atoms with Crippen LogP contribution in [-0.2, 0) is 9.59 Å². The number of hydrogen-bond acceptors (Lipinski definition) is 4. The molecule has 0 heterocycles. The summed E-state index contributed by atoms with van der Waals surface area (Å²) in [5.74, 6) is -3.33. The summed E-state index contributed by atoms with van der Waals surface area (Å²) in [6.07, 6.45) is 0.382. The van der Waals surface area contributed by atoms with Gasteiger partial charge in [-0.3, -0.25) is 0 Å². The van der Waals surface area contributed by atoms with Gasteiger partial charge in [0, 0.05) is 11.1 Å². The van der Waals surface area contributed by atoms with Crippen LogP contribution >= 0.6 is 0 Å². The molecule has 6 nitrogen and oxygen atoms in total. The van der Waals surface area contributed by atoms with E-state index in [2.05, 4.69) is 13.2 Å². The van der Waals surface area contributed by atoms with Gasteiger partial charge in [-0.15, -0.1) is 0 Å². The molecule has 18 heavy (non-hydrogen) atoms. The molecule has 0 unspecified atom stereocenters. The van der Waals surface area contributed by atoms with Gasteiger partial charge < -0.3 is 20.4 Å². The molecule has 0 spiro atoms. The molecule has 106 valence electrons. The van der Waals surface area contributed by atoms with E-state index in [1.165, 1.54) is 20.8 Å². The monoisotopic (exact) mass is 262 g/mol.